The Balaban J connectivity index is 0.00000180. The molecule has 0 saturated carbocycles. The second-order valence-corrected chi connectivity index (χ2v) is 7.01. The van der Waals surface area contributed by atoms with Gasteiger partial charge >= 0.3 is 0 Å². The number of thioether (sulfide) groups is 1. The Labute approximate surface area is 127 Å². The Morgan fingerprint density at radius 2 is 2.16 bits per heavy atom. The van der Waals surface area contributed by atoms with Gasteiger partial charge in [-0.1, -0.05) is 13.3 Å². The number of amides is 1. The zero-order valence-corrected chi connectivity index (χ0v) is 13.7. The number of rotatable bonds is 2. The van der Waals surface area contributed by atoms with Crippen molar-refractivity contribution >= 4 is 30.1 Å². The van der Waals surface area contributed by atoms with E-state index < -0.39 is 0 Å². The topological polar surface area (TPSA) is 32.3 Å². The van der Waals surface area contributed by atoms with Gasteiger partial charge in [0.25, 0.3) is 0 Å². The van der Waals surface area contributed by atoms with E-state index in [1.54, 1.807) is 0 Å². The number of nitrogens with zero attached hydrogens (tertiary/aromatic N) is 1. The van der Waals surface area contributed by atoms with Crippen molar-refractivity contribution in [3.8, 4) is 0 Å². The number of halogens is 1. The molecule has 0 aliphatic carbocycles. The second-order valence-electron chi connectivity index (χ2n) is 5.86. The number of hydrogen-bond acceptors (Lipinski definition) is 3. The largest absolute Gasteiger partial charge is 0.340 e. The normalized spacial score (nSPS) is 32.3. The molecular weight excluding hydrogens is 280 g/mol. The van der Waals surface area contributed by atoms with Crippen molar-refractivity contribution in [2.24, 2.45) is 5.92 Å². The van der Waals surface area contributed by atoms with Gasteiger partial charge in [-0.3, -0.25) is 4.79 Å². The maximum Gasteiger partial charge on any atom is 0.224 e. The Kier molecular flexibility index (Phi) is 7.55. The van der Waals surface area contributed by atoms with Gasteiger partial charge in [0.05, 0.1) is 0 Å². The van der Waals surface area contributed by atoms with E-state index in [1.807, 2.05) is 11.8 Å². The second kappa shape index (κ2) is 8.38. The minimum atomic E-state index is 0. The number of nitrogens with one attached hydrogen (secondary N) is 1. The summed E-state index contributed by atoms with van der Waals surface area (Å²) in [5.74, 6) is 3.29. The van der Waals surface area contributed by atoms with E-state index in [1.165, 1.54) is 25.0 Å². The van der Waals surface area contributed by atoms with Gasteiger partial charge in [0.2, 0.25) is 5.91 Å². The first-order valence-corrected chi connectivity index (χ1v) is 8.43. The molecular formula is C14H27ClN2OS. The average molecular weight is 307 g/mol. The van der Waals surface area contributed by atoms with Crippen LogP contribution in [0.3, 0.4) is 0 Å². The van der Waals surface area contributed by atoms with Crippen LogP contribution in [0.2, 0.25) is 0 Å². The van der Waals surface area contributed by atoms with E-state index in [9.17, 15) is 4.79 Å². The van der Waals surface area contributed by atoms with E-state index in [0.29, 0.717) is 30.3 Å². The lowest BCUT2D eigenvalue weighted by Gasteiger charge is -2.31. The molecule has 2 saturated heterocycles. The maximum atomic E-state index is 12.5. The first-order valence-electron chi connectivity index (χ1n) is 7.27. The van der Waals surface area contributed by atoms with Crippen LogP contribution in [0.1, 0.15) is 39.5 Å². The molecule has 0 aromatic rings. The van der Waals surface area contributed by atoms with Crippen molar-refractivity contribution < 1.29 is 4.79 Å². The van der Waals surface area contributed by atoms with Gasteiger partial charge in [-0.2, -0.15) is 11.8 Å². The molecule has 19 heavy (non-hydrogen) atoms. The molecule has 1 N–H and O–H groups in total. The minimum absolute atomic E-state index is 0. The van der Waals surface area contributed by atoms with E-state index in [2.05, 4.69) is 24.1 Å². The van der Waals surface area contributed by atoms with Gasteiger partial charge in [0.1, 0.15) is 0 Å². The zero-order valence-electron chi connectivity index (χ0n) is 12.1. The fourth-order valence-electron chi connectivity index (χ4n) is 2.95. The summed E-state index contributed by atoms with van der Waals surface area (Å²) in [6.45, 7) is 6.49. The molecule has 3 unspecified atom stereocenters. The molecule has 2 aliphatic heterocycles. The molecule has 2 heterocycles. The first-order chi connectivity index (χ1) is 8.66. The Morgan fingerprint density at radius 3 is 2.84 bits per heavy atom. The molecule has 0 aromatic heterocycles. The molecule has 2 aliphatic rings. The van der Waals surface area contributed by atoms with Gasteiger partial charge in [-0.25, -0.2) is 0 Å². The van der Waals surface area contributed by atoms with Gasteiger partial charge in [-0.15, -0.1) is 12.4 Å². The average Bonchev–Trinajstić information content (AvgIpc) is 2.52. The van der Waals surface area contributed by atoms with Crippen molar-refractivity contribution in [2.75, 3.05) is 24.6 Å². The van der Waals surface area contributed by atoms with Gasteiger partial charge in [0, 0.05) is 43.1 Å². The van der Waals surface area contributed by atoms with Crippen molar-refractivity contribution in [1.29, 1.82) is 0 Å². The lowest BCUT2D eigenvalue weighted by molar-refractivity contribution is -0.134. The van der Waals surface area contributed by atoms with Crippen LogP contribution < -0.4 is 5.32 Å². The summed E-state index contributed by atoms with van der Waals surface area (Å²) in [6, 6.07) is 0.820. The molecule has 0 radical (unpaired) electrons. The van der Waals surface area contributed by atoms with Crippen molar-refractivity contribution in [3.05, 3.63) is 0 Å². The van der Waals surface area contributed by atoms with Gasteiger partial charge < -0.3 is 10.2 Å². The number of likely N-dealkylation sites (tertiary alicyclic amines) is 1. The monoisotopic (exact) mass is 306 g/mol. The summed E-state index contributed by atoms with van der Waals surface area (Å²) in [5, 5.41) is 3.46. The number of carbonyl (C=O) groups excluding carboxylic acids is 1. The SMILES string of the molecule is CC1CCCC(C)N(C(=O)CC2CSCCN2)C1.Cl. The zero-order chi connectivity index (χ0) is 13.0. The van der Waals surface area contributed by atoms with E-state index in [0.717, 1.165) is 18.8 Å². The molecule has 2 fully saturated rings. The highest BCUT2D eigenvalue weighted by Crippen LogP contribution is 2.22. The van der Waals surface area contributed by atoms with Crippen LogP contribution in [0.5, 0.6) is 0 Å². The van der Waals surface area contributed by atoms with E-state index in [4.69, 9.17) is 0 Å². The van der Waals surface area contributed by atoms with Gasteiger partial charge in [-0.05, 0) is 25.7 Å². The maximum absolute atomic E-state index is 12.5. The lowest BCUT2D eigenvalue weighted by atomic mass is 10.1. The highest BCUT2D eigenvalue weighted by atomic mass is 35.5. The summed E-state index contributed by atoms with van der Waals surface area (Å²) in [6.07, 6.45) is 4.39. The molecule has 2 rings (SSSR count). The Bertz CT molecular complexity index is 285. The van der Waals surface area contributed by atoms with Crippen LogP contribution in [0.4, 0.5) is 0 Å². The van der Waals surface area contributed by atoms with Gasteiger partial charge in [0.15, 0.2) is 0 Å². The van der Waals surface area contributed by atoms with Crippen molar-refractivity contribution in [1.82, 2.24) is 10.2 Å². The fourth-order valence-corrected chi connectivity index (χ4v) is 3.90. The van der Waals surface area contributed by atoms with E-state index >= 15 is 0 Å². The first kappa shape index (κ1) is 17.1. The third-order valence-electron chi connectivity index (χ3n) is 4.10. The summed E-state index contributed by atoms with van der Waals surface area (Å²) in [7, 11) is 0. The lowest BCUT2D eigenvalue weighted by Crippen LogP contribution is -2.45. The molecule has 3 atom stereocenters. The van der Waals surface area contributed by atoms with Crippen LogP contribution in [-0.4, -0.2) is 47.5 Å². The van der Waals surface area contributed by atoms with E-state index in [-0.39, 0.29) is 12.4 Å². The smallest absolute Gasteiger partial charge is 0.224 e. The summed E-state index contributed by atoms with van der Waals surface area (Å²) < 4.78 is 0. The minimum Gasteiger partial charge on any atom is -0.340 e. The third kappa shape index (κ3) is 5.16. The van der Waals surface area contributed by atoms with Crippen LogP contribution in [-0.2, 0) is 4.79 Å². The number of hydrogen-bond donors (Lipinski definition) is 1. The van der Waals surface area contributed by atoms with Crippen LogP contribution in [0.25, 0.3) is 0 Å². The summed E-state index contributed by atoms with van der Waals surface area (Å²) in [4.78, 5) is 14.6. The molecule has 0 spiro atoms. The third-order valence-corrected chi connectivity index (χ3v) is 5.23. The van der Waals surface area contributed by atoms with Crippen molar-refractivity contribution in [2.45, 2.75) is 51.6 Å². The van der Waals surface area contributed by atoms with Crippen LogP contribution in [0.15, 0.2) is 0 Å². The quantitative estimate of drug-likeness (QED) is 0.851. The standard InChI is InChI=1S/C14H26N2OS.ClH/c1-11-4-3-5-12(2)16(9-11)14(17)8-13-10-18-7-6-15-13;/h11-13,15H,3-10H2,1-2H3;1H. The van der Waals surface area contributed by atoms with Crippen LogP contribution in [0, 0.1) is 5.92 Å². The predicted molar refractivity (Wildman–Crippen MR) is 85.2 cm³/mol. The fraction of sp³-hybridized carbons (Fsp3) is 0.929. The Morgan fingerprint density at radius 1 is 1.37 bits per heavy atom. The summed E-state index contributed by atoms with van der Waals surface area (Å²) >= 11 is 1.96. The molecule has 0 aromatic carbocycles. The highest BCUT2D eigenvalue weighted by molar-refractivity contribution is 7.99. The molecule has 5 heteroatoms. The molecule has 112 valence electrons. The van der Waals surface area contributed by atoms with Crippen LogP contribution >= 0.6 is 24.2 Å². The number of carbonyl (C=O) groups is 1. The Hall–Kier alpha value is 0.0700. The van der Waals surface area contributed by atoms with Crippen molar-refractivity contribution in [3.63, 3.8) is 0 Å². The highest BCUT2D eigenvalue weighted by Gasteiger charge is 2.27. The molecule has 0 bridgehead atoms. The molecule has 1 amide bonds. The summed E-state index contributed by atoms with van der Waals surface area (Å²) in [5.41, 5.74) is 0. The predicted octanol–water partition coefficient (Wildman–Crippen LogP) is 2.54. The molecule has 3 nitrogen and oxygen atoms in total.